The van der Waals surface area contributed by atoms with Gasteiger partial charge < -0.3 is 19.3 Å². The highest BCUT2D eigenvalue weighted by molar-refractivity contribution is 5.98. The van der Waals surface area contributed by atoms with Crippen molar-refractivity contribution < 1.29 is 23.4 Å². The number of amides is 1. The number of halogens is 2. The van der Waals surface area contributed by atoms with Crippen molar-refractivity contribution in [1.29, 1.82) is 0 Å². The van der Waals surface area contributed by atoms with Crippen molar-refractivity contribution in [1.82, 2.24) is 24.4 Å². The molecule has 6 rings (SSSR count). The van der Waals surface area contributed by atoms with Crippen LogP contribution in [0.2, 0.25) is 0 Å². The Balaban J connectivity index is 1.48. The minimum Gasteiger partial charge on any atom is -0.434 e. The third-order valence-corrected chi connectivity index (χ3v) is 7.27. The van der Waals surface area contributed by atoms with E-state index in [1.54, 1.807) is 36.5 Å². The summed E-state index contributed by atoms with van der Waals surface area (Å²) in [5.74, 6) is 0.849. The summed E-state index contributed by atoms with van der Waals surface area (Å²) in [5.41, 5.74) is 3.98. The number of aromatic nitrogens is 4. The molecule has 1 amide bonds. The summed E-state index contributed by atoms with van der Waals surface area (Å²) in [5, 5.41) is 10.2. The Hall–Kier alpha value is -3.92. The summed E-state index contributed by atoms with van der Waals surface area (Å²) in [6, 6.07) is 9.78. The van der Waals surface area contributed by atoms with Gasteiger partial charge in [-0.25, -0.2) is 15.0 Å². The van der Waals surface area contributed by atoms with Crippen LogP contribution in [0.4, 0.5) is 8.78 Å². The van der Waals surface area contributed by atoms with Crippen molar-refractivity contribution >= 4 is 16.9 Å². The Kier molecular flexibility index (Phi) is 5.63. The third-order valence-electron chi connectivity index (χ3n) is 7.27. The third kappa shape index (κ3) is 3.74. The molecule has 3 atom stereocenters. The molecule has 10 heteroatoms. The van der Waals surface area contributed by atoms with Gasteiger partial charge in [0.25, 0.3) is 5.91 Å². The molecule has 37 heavy (non-hydrogen) atoms. The lowest BCUT2D eigenvalue weighted by Crippen LogP contribution is -2.30. The number of benzene rings is 2. The van der Waals surface area contributed by atoms with Gasteiger partial charge in [0.05, 0.1) is 23.1 Å². The lowest BCUT2D eigenvalue weighted by Gasteiger charge is -2.24. The molecule has 2 aliphatic rings. The van der Waals surface area contributed by atoms with E-state index in [-0.39, 0.29) is 17.7 Å². The molecule has 2 aliphatic heterocycles. The van der Waals surface area contributed by atoms with Crippen LogP contribution in [0, 0.1) is 0 Å². The van der Waals surface area contributed by atoms with Gasteiger partial charge in [-0.3, -0.25) is 4.79 Å². The average Bonchev–Trinajstić information content (AvgIpc) is 3.41. The zero-order valence-electron chi connectivity index (χ0n) is 20.3. The molecule has 0 saturated heterocycles. The van der Waals surface area contributed by atoms with E-state index < -0.39 is 18.8 Å². The number of rotatable bonds is 6. The summed E-state index contributed by atoms with van der Waals surface area (Å²) in [6.45, 7) is -1.02. The summed E-state index contributed by atoms with van der Waals surface area (Å²) >= 11 is 0. The van der Waals surface area contributed by atoms with Gasteiger partial charge >= 0.3 is 6.61 Å². The normalized spacial score (nSPS) is 19.2. The Morgan fingerprint density at radius 2 is 1.92 bits per heavy atom. The first-order valence-corrected chi connectivity index (χ1v) is 12.2. The van der Waals surface area contributed by atoms with Crippen molar-refractivity contribution in [2.24, 2.45) is 0 Å². The smallest absolute Gasteiger partial charge is 0.387 e. The van der Waals surface area contributed by atoms with E-state index in [1.165, 1.54) is 6.07 Å². The molecule has 0 spiro atoms. The molecule has 1 unspecified atom stereocenters. The molecule has 4 heterocycles. The largest absolute Gasteiger partial charge is 0.434 e. The molecule has 4 aromatic rings. The van der Waals surface area contributed by atoms with Crippen LogP contribution in [0.15, 0.2) is 48.8 Å². The Bertz CT molecular complexity index is 1500. The predicted molar refractivity (Wildman–Crippen MR) is 131 cm³/mol. The van der Waals surface area contributed by atoms with Crippen molar-refractivity contribution in [2.45, 2.75) is 51.0 Å². The van der Waals surface area contributed by atoms with Crippen LogP contribution >= 0.6 is 0 Å². The summed E-state index contributed by atoms with van der Waals surface area (Å²) in [4.78, 5) is 28.4. The van der Waals surface area contributed by atoms with Gasteiger partial charge in [0, 0.05) is 42.6 Å². The second-order valence-corrected chi connectivity index (χ2v) is 9.46. The number of aliphatic hydroxyl groups is 1. The quantitative estimate of drug-likeness (QED) is 0.394. The van der Waals surface area contributed by atoms with Crippen molar-refractivity contribution in [3.05, 3.63) is 71.6 Å². The maximum absolute atomic E-state index is 13.3. The standard InChI is InChI=1S/C27H25F2N5O3/c1-3-5-21(35)24-30-12-15(13-31-24)14-8-9-17-18(10-14)34-19-11-20(25(34)32-17)33(2)26(36)16-6-4-7-22(23(16)19)37-27(28)29/h4,6-10,12-13,19-21,27,35H,3,5,11H2,1-2H3/t19-,20-,21?/m1/s1. The van der Waals surface area contributed by atoms with E-state index >= 15 is 0 Å². The SMILES string of the molecule is CCCC(O)c1ncc(-c2ccc3nc4n(c3c2)[C@@H]2C[C@H]4N(C)C(=O)c3cccc(OC(F)F)c32)cn1. The highest BCUT2D eigenvalue weighted by atomic mass is 19.3. The molecular formula is C27H25F2N5O3. The van der Waals surface area contributed by atoms with Gasteiger partial charge in [0.15, 0.2) is 5.82 Å². The number of hydrogen-bond donors (Lipinski definition) is 1. The highest BCUT2D eigenvalue weighted by Gasteiger charge is 2.45. The first kappa shape index (κ1) is 23.5. The average molecular weight is 506 g/mol. The number of aliphatic hydroxyl groups excluding tert-OH is 1. The van der Waals surface area contributed by atoms with Gasteiger partial charge in [-0.1, -0.05) is 25.5 Å². The number of hydrogen-bond acceptors (Lipinski definition) is 6. The van der Waals surface area contributed by atoms with E-state index in [1.807, 2.05) is 29.7 Å². The number of fused-ring (bicyclic) bond motifs is 9. The van der Waals surface area contributed by atoms with Gasteiger partial charge in [-0.15, -0.1) is 0 Å². The maximum Gasteiger partial charge on any atom is 0.387 e. The van der Waals surface area contributed by atoms with Crippen molar-refractivity contribution in [3.8, 4) is 16.9 Å². The molecule has 2 bridgehead atoms. The van der Waals surface area contributed by atoms with Gasteiger partial charge in [0.1, 0.15) is 17.7 Å². The zero-order valence-corrected chi connectivity index (χ0v) is 20.3. The van der Waals surface area contributed by atoms with E-state index in [0.717, 1.165) is 28.6 Å². The van der Waals surface area contributed by atoms with Gasteiger partial charge in [-0.05, 0) is 36.2 Å². The van der Waals surface area contributed by atoms with E-state index in [0.29, 0.717) is 35.6 Å². The number of nitrogens with zero attached hydrogens (tertiary/aromatic N) is 5. The van der Waals surface area contributed by atoms with Crippen LogP contribution in [0.1, 0.15) is 71.9 Å². The van der Waals surface area contributed by atoms with Crippen LogP contribution in [0.5, 0.6) is 5.75 Å². The fourth-order valence-electron chi connectivity index (χ4n) is 5.52. The Labute approximate surface area is 211 Å². The number of imidazole rings is 1. The van der Waals surface area contributed by atoms with Crippen LogP contribution < -0.4 is 4.74 Å². The lowest BCUT2D eigenvalue weighted by atomic mass is 9.97. The molecular weight excluding hydrogens is 480 g/mol. The topological polar surface area (TPSA) is 93.4 Å². The first-order chi connectivity index (χ1) is 17.9. The number of carbonyl (C=O) groups is 1. The highest BCUT2D eigenvalue weighted by Crippen LogP contribution is 2.50. The maximum atomic E-state index is 13.3. The number of ether oxygens (including phenoxy) is 1. The molecule has 2 aromatic heterocycles. The van der Waals surface area contributed by atoms with Gasteiger partial charge in [0.2, 0.25) is 0 Å². The monoisotopic (exact) mass is 505 g/mol. The molecule has 1 N–H and O–H groups in total. The fourth-order valence-corrected chi connectivity index (χ4v) is 5.52. The minimum atomic E-state index is -3.01. The van der Waals surface area contributed by atoms with E-state index in [4.69, 9.17) is 9.72 Å². The van der Waals surface area contributed by atoms with Crippen LogP contribution in [-0.4, -0.2) is 49.1 Å². The van der Waals surface area contributed by atoms with E-state index in [9.17, 15) is 18.7 Å². The molecule has 0 aliphatic carbocycles. The molecule has 0 radical (unpaired) electrons. The molecule has 8 nitrogen and oxygen atoms in total. The second kappa shape index (κ2) is 8.88. The predicted octanol–water partition coefficient (Wildman–Crippen LogP) is 5.05. The van der Waals surface area contributed by atoms with Crippen LogP contribution in [0.25, 0.3) is 22.2 Å². The molecule has 190 valence electrons. The van der Waals surface area contributed by atoms with E-state index in [2.05, 4.69) is 9.97 Å². The first-order valence-electron chi connectivity index (χ1n) is 12.2. The van der Waals surface area contributed by atoms with Crippen LogP contribution in [-0.2, 0) is 0 Å². The number of carbonyl (C=O) groups excluding carboxylic acids is 1. The minimum absolute atomic E-state index is 0.000352. The number of alkyl halides is 2. The second-order valence-electron chi connectivity index (χ2n) is 9.46. The molecule has 0 fully saturated rings. The Morgan fingerprint density at radius 1 is 1.14 bits per heavy atom. The summed E-state index contributed by atoms with van der Waals surface area (Å²) < 4.78 is 33.5. The van der Waals surface area contributed by atoms with Gasteiger partial charge in [-0.2, -0.15) is 8.78 Å². The fraction of sp³-hybridized carbons (Fsp3) is 0.333. The Morgan fingerprint density at radius 3 is 2.65 bits per heavy atom. The van der Waals surface area contributed by atoms with Crippen LogP contribution in [0.3, 0.4) is 0 Å². The van der Waals surface area contributed by atoms with Crippen molar-refractivity contribution in [3.63, 3.8) is 0 Å². The molecule has 2 aromatic carbocycles. The molecule has 0 saturated carbocycles. The summed E-state index contributed by atoms with van der Waals surface area (Å²) in [6.07, 6.45) is 4.59. The lowest BCUT2D eigenvalue weighted by molar-refractivity contribution is -0.0507. The summed E-state index contributed by atoms with van der Waals surface area (Å²) in [7, 11) is 1.71. The van der Waals surface area contributed by atoms with Crippen molar-refractivity contribution in [2.75, 3.05) is 7.05 Å². The zero-order chi connectivity index (χ0) is 25.8.